The van der Waals surface area contributed by atoms with Crippen LogP contribution in [0.15, 0.2) is 48.5 Å². The predicted molar refractivity (Wildman–Crippen MR) is 94.8 cm³/mol. The second kappa shape index (κ2) is 8.22. The Balaban J connectivity index is 1.87. The van der Waals surface area contributed by atoms with Gasteiger partial charge in [-0.3, -0.25) is 4.79 Å². The first-order valence-corrected chi connectivity index (χ1v) is 7.95. The lowest BCUT2D eigenvalue weighted by Crippen LogP contribution is -2.17. The van der Waals surface area contributed by atoms with E-state index in [9.17, 15) is 4.79 Å². The van der Waals surface area contributed by atoms with Gasteiger partial charge in [0.15, 0.2) is 0 Å². The molecule has 0 atom stereocenters. The van der Waals surface area contributed by atoms with Crippen LogP contribution in [-0.4, -0.2) is 12.5 Å². The SMILES string of the molecule is CCOc1ccc(CNc2ccc(NC(=O)C(C)C)cc2)cc1. The predicted octanol–water partition coefficient (Wildman–Crippen LogP) is 4.29. The number of carbonyl (C=O) groups is 1. The number of hydrogen-bond acceptors (Lipinski definition) is 3. The van der Waals surface area contributed by atoms with Gasteiger partial charge in [-0.05, 0) is 48.9 Å². The second-order valence-corrected chi connectivity index (χ2v) is 5.65. The van der Waals surface area contributed by atoms with Crippen molar-refractivity contribution in [2.45, 2.75) is 27.3 Å². The van der Waals surface area contributed by atoms with Crippen LogP contribution in [0.3, 0.4) is 0 Å². The number of carbonyl (C=O) groups excluding carboxylic acids is 1. The van der Waals surface area contributed by atoms with Crippen molar-refractivity contribution in [2.24, 2.45) is 5.92 Å². The number of benzene rings is 2. The Bertz CT molecular complexity index is 619. The average Bonchev–Trinajstić information content (AvgIpc) is 2.55. The van der Waals surface area contributed by atoms with E-state index < -0.39 is 0 Å². The molecule has 23 heavy (non-hydrogen) atoms. The minimum absolute atomic E-state index is 0.0209. The molecule has 0 aliphatic carbocycles. The first-order valence-electron chi connectivity index (χ1n) is 7.95. The molecule has 0 aliphatic rings. The summed E-state index contributed by atoms with van der Waals surface area (Å²) in [7, 11) is 0. The molecule has 0 saturated heterocycles. The van der Waals surface area contributed by atoms with Gasteiger partial charge in [-0.2, -0.15) is 0 Å². The number of rotatable bonds is 7. The number of amides is 1. The highest BCUT2D eigenvalue weighted by molar-refractivity contribution is 5.92. The van der Waals surface area contributed by atoms with Crippen molar-refractivity contribution in [3.05, 3.63) is 54.1 Å². The van der Waals surface area contributed by atoms with Crippen molar-refractivity contribution in [3.63, 3.8) is 0 Å². The molecule has 0 bridgehead atoms. The van der Waals surface area contributed by atoms with Crippen LogP contribution >= 0.6 is 0 Å². The molecule has 4 heteroatoms. The highest BCUT2D eigenvalue weighted by atomic mass is 16.5. The van der Waals surface area contributed by atoms with Gasteiger partial charge in [0.25, 0.3) is 0 Å². The summed E-state index contributed by atoms with van der Waals surface area (Å²) in [5, 5.41) is 6.24. The molecule has 0 radical (unpaired) electrons. The zero-order valence-electron chi connectivity index (χ0n) is 13.9. The van der Waals surface area contributed by atoms with Crippen LogP contribution in [0.2, 0.25) is 0 Å². The lowest BCUT2D eigenvalue weighted by molar-refractivity contribution is -0.118. The maximum Gasteiger partial charge on any atom is 0.226 e. The molecule has 2 aromatic rings. The largest absolute Gasteiger partial charge is 0.494 e. The molecule has 0 unspecified atom stereocenters. The van der Waals surface area contributed by atoms with Crippen molar-refractivity contribution in [3.8, 4) is 5.75 Å². The minimum atomic E-state index is -0.0209. The van der Waals surface area contributed by atoms with E-state index in [4.69, 9.17) is 4.74 Å². The molecule has 0 fully saturated rings. The number of nitrogens with one attached hydrogen (secondary N) is 2. The van der Waals surface area contributed by atoms with Crippen molar-refractivity contribution in [1.82, 2.24) is 0 Å². The maximum atomic E-state index is 11.6. The van der Waals surface area contributed by atoms with Crippen LogP contribution in [-0.2, 0) is 11.3 Å². The first kappa shape index (κ1) is 16.9. The fourth-order valence-electron chi connectivity index (χ4n) is 2.03. The molecular weight excluding hydrogens is 288 g/mol. The van der Waals surface area contributed by atoms with E-state index in [0.29, 0.717) is 6.61 Å². The topological polar surface area (TPSA) is 50.4 Å². The Hall–Kier alpha value is -2.49. The van der Waals surface area contributed by atoms with E-state index in [1.807, 2.05) is 57.2 Å². The monoisotopic (exact) mass is 312 g/mol. The van der Waals surface area contributed by atoms with E-state index in [-0.39, 0.29) is 11.8 Å². The summed E-state index contributed by atoms with van der Waals surface area (Å²) < 4.78 is 5.43. The van der Waals surface area contributed by atoms with Crippen molar-refractivity contribution in [2.75, 3.05) is 17.2 Å². The minimum Gasteiger partial charge on any atom is -0.494 e. The lowest BCUT2D eigenvalue weighted by Gasteiger charge is -2.10. The summed E-state index contributed by atoms with van der Waals surface area (Å²) in [5.41, 5.74) is 3.02. The summed E-state index contributed by atoms with van der Waals surface area (Å²) in [6, 6.07) is 15.8. The number of anilines is 2. The highest BCUT2D eigenvalue weighted by Crippen LogP contribution is 2.17. The third kappa shape index (κ3) is 5.33. The third-order valence-corrected chi connectivity index (χ3v) is 3.41. The van der Waals surface area contributed by atoms with Crippen LogP contribution in [0.1, 0.15) is 26.3 Å². The molecule has 2 rings (SSSR count). The van der Waals surface area contributed by atoms with Gasteiger partial charge >= 0.3 is 0 Å². The molecule has 2 aromatic carbocycles. The summed E-state index contributed by atoms with van der Waals surface area (Å²) in [6.45, 7) is 7.15. The van der Waals surface area contributed by atoms with Gasteiger partial charge in [0, 0.05) is 23.8 Å². The average molecular weight is 312 g/mol. The van der Waals surface area contributed by atoms with E-state index >= 15 is 0 Å². The van der Waals surface area contributed by atoms with Gasteiger partial charge in [-0.1, -0.05) is 26.0 Å². The standard InChI is InChI=1S/C19H24N2O2/c1-4-23-18-11-5-15(6-12-18)13-20-16-7-9-17(10-8-16)21-19(22)14(2)3/h5-12,14,20H,4,13H2,1-3H3,(H,21,22). The van der Waals surface area contributed by atoms with Gasteiger partial charge in [-0.25, -0.2) is 0 Å². The van der Waals surface area contributed by atoms with E-state index in [0.717, 1.165) is 23.7 Å². The Kier molecular flexibility index (Phi) is 6.03. The van der Waals surface area contributed by atoms with Crippen molar-refractivity contribution >= 4 is 17.3 Å². The van der Waals surface area contributed by atoms with Crippen LogP contribution in [0.4, 0.5) is 11.4 Å². The van der Waals surface area contributed by atoms with Gasteiger partial charge in [0.1, 0.15) is 5.75 Å². The molecule has 0 heterocycles. The molecule has 4 nitrogen and oxygen atoms in total. The van der Waals surface area contributed by atoms with Gasteiger partial charge in [0.05, 0.1) is 6.61 Å². The second-order valence-electron chi connectivity index (χ2n) is 5.65. The third-order valence-electron chi connectivity index (χ3n) is 3.41. The Labute approximate surface area is 137 Å². The summed E-state index contributed by atoms with van der Waals surface area (Å²) in [6.07, 6.45) is 0. The van der Waals surface area contributed by atoms with E-state index in [2.05, 4.69) is 22.8 Å². The lowest BCUT2D eigenvalue weighted by atomic mass is 10.2. The maximum absolute atomic E-state index is 11.6. The molecule has 2 N–H and O–H groups in total. The van der Waals surface area contributed by atoms with Gasteiger partial charge < -0.3 is 15.4 Å². The molecule has 0 aliphatic heterocycles. The summed E-state index contributed by atoms with van der Waals surface area (Å²) >= 11 is 0. The highest BCUT2D eigenvalue weighted by Gasteiger charge is 2.06. The van der Waals surface area contributed by atoms with Crippen molar-refractivity contribution < 1.29 is 9.53 Å². The number of ether oxygens (including phenoxy) is 1. The fourth-order valence-corrected chi connectivity index (χ4v) is 2.03. The summed E-state index contributed by atoms with van der Waals surface area (Å²) in [5.74, 6) is 0.897. The number of hydrogen-bond donors (Lipinski definition) is 2. The normalized spacial score (nSPS) is 10.4. The van der Waals surface area contributed by atoms with Gasteiger partial charge in [0.2, 0.25) is 5.91 Å². The van der Waals surface area contributed by atoms with Crippen LogP contribution in [0.5, 0.6) is 5.75 Å². The van der Waals surface area contributed by atoms with Crippen LogP contribution in [0.25, 0.3) is 0 Å². The molecule has 0 aromatic heterocycles. The quantitative estimate of drug-likeness (QED) is 0.802. The zero-order chi connectivity index (χ0) is 16.7. The van der Waals surface area contributed by atoms with E-state index in [1.165, 1.54) is 5.56 Å². The van der Waals surface area contributed by atoms with Gasteiger partial charge in [-0.15, -0.1) is 0 Å². The molecule has 122 valence electrons. The molecule has 0 saturated carbocycles. The smallest absolute Gasteiger partial charge is 0.226 e. The fraction of sp³-hybridized carbons (Fsp3) is 0.316. The molecule has 0 spiro atoms. The molecular formula is C19H24N2O2. The van der Waals surface area contributed by atoms with Crippen LogP contribution < -0.4 is 15.4 Å². The first-order chi connectivity index (χ1) is 11.1. The summed E-state index contributed by atoms with van der Waals surface area (Å²) in [4.78, 5) is 11.6. The Morgan fingerprint density at radius 1 is 1.00 bits per heavy atom. The van der Waals surface area contributed by atoms with Crippen molar-refractivity contribution in [1.29, 1.82) is 0 Å². The Morgan fingerprint density at radius 2 is 1.61 bits per heavy atom. The zero-order valence-corrected chi connectivity index (χ0v) is 13.9. The van der Waals surface area contributed by atoms with E-state index in [1.54, 1.807) is 0 Å². The van der Waals surface area contributed by atoms with Crippen LogP contribution in [0, 0.1) is 5.92 Å². The molecule has 1 amide bonds. The Morgan fingerprint density at radius 3 is 2.17 bits per heavy atom.